The van der Waals surface area contributed by atoms with E-state index in [0.717, 1.165) is 11.2 Å². The second-order valence-electron chi connectivity index (χ2n) is 5.88. The van der Waals surface area contributed by atoms with Crippen LogP contribution in [0.3, 0.4) is 0 Å². The van der Waals surface area contributed by atoms with Gasteiger partial charge in [0.2, 0.25) is 5.43 Å². The highest BCUT2D eigenvalue weighted by Crippen LogP contribution is 2.34. The highest BCUT2D eigenvalue weighted by Gasteiger charge is 2.35. The highest BCUT2D eigenvalue weighted by atomic mass is 35.5. The number of amides is 2. The number of halogens is 2. The number of sulfone groups is 1. The Bertz CT molecular complexity index is 1190. The van der Waals surface area contributed by atoms with Crippen LogP contribution in [0.2, 0.25) is 10.0 Å². The number of nitrogens with one attached hydrogen (secondary N) is 1. The number of hydrogen-bond donors (Lipinski definition) is 1. The van der Waals surface area contributed by atoms with E-state index in [1.54, 1.807) is 12.1 Å². The molecule has 0 bridgehead atoms. The Morgan fingerprint density at radius 3 is 2.61 bits per heavy atom. The van der Waals surface area contributed by atoms with Crippen molar-refractivity contribution in [1.82, 2.24) is 9.88 Å². The van der Waals surface area contributed by atoms with E-state index in [1.807, 2.05) is 0 Å². The number of aromatic nitrogens is 1. The first-order chi connectivity index (χ1) is 13.1. The van der Waals surface area contributed by atoms with Crippen molar-refractivity contribution in [1.29, 1.82) is 0 Å². The van der Waals surface area contributed by atoms with Crippen LogP contribution in [-0.2, 0) is 21.2 Å². The molecule has 0 spiro atoms. The van der Waals surface area contributed by atoms with Gasteiger partial charge in [-0.25, -0.2) is 8.42 Å². The largest absolute Gasteiger partial charge is 0.359 e. The third-order valence-corrected chi connectivity index (χ3v) is 6.50. The molecule has 1 saturated heterocycles. The lowest BCUT2D eigenvalue weighted by atomic mass is 10.2. The number of nitrogens with zero attached hydrogens (tertiary/aromatic N) is 1. The zero-order chi connectivity index (χ0) is 20.6. The molecule has 1 aliphatic rings. The van der Waals surface area contributed by atoms with Crippen LogP contribution >= 0.6 is 35.0 Å². The van der Waals surface area contributed by atoms with Crippen LogP contribution in [-0.4, -0.2) is 35.7 Å². The van der Waals surface area contributed by atoms with Crippen LogP contribution < -0.4 is 5.43 Å². The van der Waals surface area contributed by atoms with E-state index >= 15 is 0 Å². The maximum absolute atomic E-state index is 12.6. The number of hydrogen-bond acceptors (Lipinski definition) is 6. The summed E-state index contributed by atoms with van der Waals surface area (Å²) in [4.78, 5) is 40.5. The van der Waals surface area contributed by atoms with Gasteiger partial charge in [0.05, 0.1) is 22.0 Å². The summed E-state index contributed by atoms with van der Waals surface area (Å²) in [6.45, 7) is -0.0871. The molecule has 2 aromatic rings. The summed E-state index contributed by atoms with van der Waals surface area (Å²) in [7, 11) is -3.41. The maximum Gasteiger partial charge on any atom is 0.293 e. The minimum atomic E-state index is -3.41. The third-order valence-electron chi connectivity index (χ3n) is 3.82. The van der Waals surface area contributed by atoms with Gasteiger partial charge in [-0.05, 0) is 35.5 Å². The first-order valence-electron chi connectivity index (χ1n) is 7.69. The molecule has 7 nitrogen and oxygen atoms in total. The second-order valence-corrected chi connectivity index (χ2v) is 9.67. The molecule has 1 aromatic heterocycles. The van der Waals surface area contributed by atoms with Gasteiger partial charge in [0, 0.05) is 12.5 Å². The second kappa shape index (κ2) is 7.75. The molecule has 146 valence electrons. The molecule has 1 N–H and O–H groups in total. The van der Waals surface area contributed by atoms with Gasteiger partial charge in [0.15, 0.2) is 9.84 Å². The molecule has 0 saturated carbocycles. The van der Waals surface area contributed by atoms with Crippen LogP contribution in [0.4, 0.5) is 4.79 Å². The normalized spacial score (nSPS) is 16.2. The number of imide groups is 1. The predicted molar refractivity (Wildman–Crippen MR) is 108 cm³/mol. The highest BCUT2D eigenvalue weighted by molar-refractivity contribution is 8.18. The summed E-state index contributed by atoms with van der Waals surface area (Å²) in [5.74, 6) is -0.577. The minimum Gasteiger partial charge on any atom is -0.359 e. The van der Waals surface area contributed by atoms with Crippen molar-refractivity contribution in [2.24, 2.45) is 0 Å². The Morgan fingerprint density at radius 1 is 1.21 bits per heavy atom. The van der Waals surface area contributed by atoms with Gasteiger partial charge in [0.25, 0.3) is 11.1 Å². The van der Waals surface area contributed by atoms with E-state index in [1.165, 1.54) is 24.4 Å². The zero-order valence-electron chi connectivity index (χ0n) is 14.2. The predicted octanol–water partition coefficient (Wildman–Crippen LogP) is 3.32. The van der Waals surface area contributed by atoms with Gasteiger partial charge in [-0.2, -0.15) is 0 Å². The molecule has 28 heavy (non-hydrogen) atoms. The summed E-state index contributed by atoms with van der Waals surface area (Å²) in [5, 5.41) is -0.811. The quantitative estimate of drug-likeness (QED) is 0.704. The number of thioether (sulfide) groups is 1. The van der Waals surface area contributed by atoms with E-state index < -0.39 is 26.4 Å². The molecule has 2 amide bonds. The molecule has 3 rings (SSSR count). The monoisotopic (exact) mass is 458 g/mol. The van der Waals surface area contributed by atoms with E-state index in [4.69, 9.17) is 23.2 Å². The molecule has 1 fully saturated rings. The van der Waals surface area contributed by atoms with Crippen LogP contribution in [0.5, 0.6) is 0 Å². The van der Waals surface area contributed by atoms with E-state index in [2.05, 4.69) is 4.98 Å². The third kappa shape index (κ3) is 4.17. The Kier molecular flexibility index (Phi) is 5.72. The molecule has 1 aliphatic heterocycles. The van der Waals surface area contributed by atoms with Crippen molar-refractivity contribution in [3.05, 3.63) is 66.9 Å². The molecule has 0 radical (unpaired) electrons. The van der Waals surface area contributed by atoms with Crippen molar-refractivity contribution in [3.8, 4) is 0 Å². The van der Waals surface area contributed by atoms with Crippen LogP contribution in [0.15, 0.2) is 45.1 Å². The number of aromatic amines is 1. The number of rotatable bonds is 4. The van der Waals surface area contributed by atoms with Crippen molar-refractivity contribution < 1.29 is 18.0 Å². The molecule has 11 heteroatoms. The molecule has 2 heterocycles. The molecule has 0 aliphatic carbocycles. The fraction of sp³-hybridized carbons (Fsp3) is 0.118. The maximum atomic E-state index is 12.6. The SMILES string of the molecule is CS(=O)(=O)c1cccc(CN2C(=O)S/C(=C\c3[nH]cc(Cl)c(=O)c3Cl)C2=O)c1. The molecular formula is C17H12Cl2N2O5S2. The lowest BCUT2D eigenvalue weighted by Crippen LogP contribution is -2.27. The Morgan fingerprint density at radius 2 is 1.93 bits per heavy atom. The topological polar surface area (TPSA) is 104 Å². The number of pyridine rings is 1. The Labute approximate surface area is 174 Å². The first kappa shape index (κ1) is 20.7. The molecular weight excluding hydrogens is 447 g/mol. The van der Waals surface area contributed by atoms with E-state index in [0.29, 0.717) is 17.3 Å². The fourth-order valence-corrected chi connectivity index (χ4v) is 4.35. The number of carbonyl (C=O) groups is 2. The number of benzene rings is 1. The van der Waals surface area contributed by atoms with E-state index in [9.17, 15) is 22.8 Å². The van der Waals surface area contributed by atoms with Crippen LogP contribution in [0, 0.1) is 0 Å². The minimum absolute atomic E-state index is 0.0733. The van der Waals surface area contributed by atoms with Gasteiger partial charge in [-0.3, -0.25) is 19.3 Å². The van der Waals surface area contributed by atoms with Crippen molar-refractivity contribution in [2.75, 3.05) is 6.26 Å². The Balaban J connectivity index is 1.89. The van der Waals surface area contributed by atoms with E-state index in [-0.39, 0.29) is 32.1 Å². The molecule has 0 atom stereocenters. The summed E-state index contributed by atoms with van der Waals surface area (Å²) < 4.78 is 23.4. The van der Waals surface area contributed by atoms with Gasteiger partial charge < -0.3 is 4.98 Å². The fourth-order valence-electron chi connectivity index (χ4n) is 2.43. The average molecular weight is 459 g/mol. The van der Waals surface area contributed by atoms with Crippen molar-refractivity contribution in [2.45, 2.75) is 11.4 Å². The van der Waals surface area contributed by atoms with Crippen LogP contribution in [0.1, 0.15) is 11.3 Å². The average Bonchev–Trinajstić information content (AvgIpc) is 2.89. The van der Waals surface area contributed by atoms with Crippen molar-refractivity contribution in [3.63, 3.8) is 0 Å². The smallest absolute Gasteiger partial charge is 0.293 e. The number of carbonyl (C=O) groups excluding carboxylic acids is 2. The lowest BCUT2D eigenvalue weighted by molar-refractivity contribution is -0.123. The standard InChI is InChI=1S/C17H12Cl2N2O5S2/c1-28(25,26)10-4-2-3-9(5-10)8-21-16(23)13(27-17(21)24)6-12-14(19)15(22)11(18)7-20-12/h2-7H,8H2,1H3,(H,20,22)/b13-6-. The Hall–Kier alpha value is -2.07. The van der Waals surface area contributed by atoms with Crippen LogP contribution in [0.25, 0.3) is 6.08 Å². The molecule has 0 unspecified atom stereocenters. The molecule has 1 aromatic carbocycles. The van der Waals surface area contributed by atoms with Gasteiger partial charge >= 0.3 is 0 Å². The summed E-state index contributed by atoms with van der Waals surface area (Å²) in [5.41, 5.74) is 0.0511. The number of H-pyrrole nitrogens is 1. The van der Waals surface area contributed by atoms with Crippen molar-refractivity contribution >= 4 is 62.0 Å². The van der Waals surface area contributed by atoms with Gasteiger partial charge in [0.1, 0.15) is 10.0 Å². The summed E-state index contributed by atoms with van der Waals surface area (Å²) in [6.07, 6.45) is 3.62. The summed E-state index contributed by atoms with van der Waals surface area (Å²) >= 11 is 12.3. The lowest BCUT2D eigenvalue weighted by Gasteiger charge is -2.13. The zero-order valence-corrected chi connectivity index (χ0v) is 17.4. The van der Waals surface area contributed by atoms with Gasteiger partial charge in [-0.15, -0.1) is 0 Å². The first-order valence-corrected chi connectivity index (χ1v) is 11.2. The van der Waals surface area contributed by atoms with Gasteiger partial charge in [-0.1, -0.05) is 35.3 Å². The summed E-state index contributed by atoms with van der Waals surface area (Å²) in [6, 6.07) is 6.01.